The zero-order valence-corrected chi connectivity index (χ0v) is 18.7. The SMILES string of the molecule is CCCNC(=O)CCNC(=NCC(CC)Oc1cccc(F)c1)NCC.I. The van der Waals surface area contributed by atoms with Crippen LogP contribution in [-0.2, 0) is 4.79 Å². The van der Waals surface area contributed by atoms with Crippen molar-refractivity contribution in [2.24, 2.45) is 4.99 Å². The molecule has 0 radical (unpaired) electrons. The average Bonchev–Trinajstić information content (AvgIpc) is 2.63. The van der Waals surface area contributed by atoms with Crippen molar-refractivity contribution in [3.63, 3.8) is 0 Å². The Kier molecular flexibility index (Phi) is 14.6. The number of nitrogens with zero attached hydrogens (tertiary/aromatic N) is 1. The fourth-order valence-electron chi connectivity index (χ4n) is 2.16. The number of benzene rings is 1. The van der Waals surface area contributed by atoms with E-state index in [1.807, 2.05) is 20.8 Å². The topological polar surface area (TPSA) is 74.8 Å². The molecule has 0 aliphatic rings. The predicted molar refractivity (Wildman–Crippen MR) is 118 cm³/mol. The van der Waals surface area contributed by atoms with E-state index in [2.05, 4.69) is 20.9 Å². The second kappa shape index (κ2) is 15.5. The predicted octanol–water partition coefficient (Wildman–Crippen LogP) is 3.07. The lowest BCUT2D eigenvalue weighted by molar-refractivity contribution is -0.120. The van der Waals surface area contributed by atoms with E-state index in [4.69, 9.17) is 4.74 Å². The van der Waals surface area contributed by atoms with Gasteiger partial charge in [-0.3, -0.25) is 4.79 Å². The molecule has 27 heavy (non-hydrogen) atoms. The van der Waals surface area contributed by atoms with Gasteiger partial charge in [0.05, 0.1) is 6.54 Å². The van der Waals surface area contributed by atoms with Crippen molar-refractivity contribution in [3.8, 4) is 5.75 Å². The molecule has 0 heterocycles. The molecule has 8 heteroatoms. The maximum atomic E-state index is 13.3. The Morgan fingerprint density at radius 2 is 1.96 bits per heavy atom. The van der Waals surface area contributed by atoms with Gasteiger partial charge in [-0.1, -0.05) is 19.9 Å². The number of halogens is 2. The minimum Gasteiger partial charge on any atom is -0.488 e. The number of aliphatic imine (C=N–C) groups is 1. The lowest BCUT2D eigenvalue weighted by Gasteiger charge is -2.17. The van der Waals surface area contributed by atoms with Crippen LogP contribution in [-0.4, -0.2) is 44.1 Å². The lowest BCUT2D eigenvalue weighted by atomic mass is 10.2. The maximum Gasteiger partial charge on any atom is 0.221 e. The maximum absolute atomic E-state index is 13.3. The van der Waals surface area contributed by atoms with Crippen LogP contribution in [0.15, 0.2) is 29.3 Å². The lowest BCUT2D eigenvalue weighted by Crippen LogP contribution is -2.40. The molecule has 0 fully saturated rings. The summed E-state index contributed by atoms with van der Waals surface area (Å²) in [7, 11) is 0. The number of rotatable bonds is 11. The van der Waals surface area contributed by atoms with Crippen molar-refractivity contribution < 1.29 is 13.9 Å². The first-order valence-electron chi connectivity index (χ1n) is 9.30. The molecule has 0 aromatic heterocycles. The first-order valence-corrected chi connectivity index (χ1v) is 9.30. The molecule has 154 valence electrons. The minimum absolute atomic E-state index is 0. The third-order valence-electron chi connectivity index (χ3n) is 3.57. The molecule has 0 bridgehead atoms. The molecule has 0 spiro atoms. The molecule has 1 unspecified atom stereocenters. The highest BCUT2D eigenvalue weighted by molar-refractivity contribution is 14.0. The number of carbonyl (C=O) groups is 1. The third-order valence-corrected chi connectivity index (χ3v) is 3.57. The molecule has 0 aliphatic carbocycles. The number of hydrogen-bond acceptors (Lipinski definition) is 3. The van der Waals surface area contributed by atoms with Gasteiger partial charge in [-0.05, 0) is 31.9 Å². The van der Waals surface area contributed by atoms with Crippen molar-refractivity contribution in [3.05, 3.63) is 30.1 Å². The van der Waals surface area contributed by atoms with Crippen LogP contribution in [0.3, 0.4) is 0 Å². The quantitative estimate of drug-likeness (QED) is 0.251. The molecule has 0 saturated carbocycles. The van der Waals surface area contributed by atoms with E-state index < -0.39 is 0 Å². The summed E-state index contributed by atoms with van der Waals surface area (Å²) in [5.41, 5.74) is 0. The Hall–Kier alpha value is -1.58. The highest BCUT2D eigenvalue weighted by Gasteiger charge is 2.09. The average molecular weight is 494 g/mol. The van der Waals surface area contributed by atoms with Gasteiger partial charge in [0, 0.05) is 32.1 Å². The summed E-state index contributed by atoms with van der Waals surface area (Å²) in [6, 6.07) is 6.10. The van der Waals surface area contributed by atoms with E-state index in [1.54, 1.807) is 12.1 Å². The van der Waals surface area contributed by atoms with Crippen LogP contribution in [0.4, 0.5) is 4.39 Å². The summed E-state index contributed by atoms with van der Waals surface area (Å²) in [6.07, 6.45) is 1.91. The van der Waals surface area contributed by atoms with E-state index in [0.717, 1.165) is 19.4 Å². The number of carbonyl (C=O) groups excluding carboxylic acids is 1. The summed E-state index contributed by atoms with van der Waals surface area (Å²) < 4.78 is 19.1. The highest BCUT2D eigenvalue weighted by atomic mass is 127. The van der Waals surface area contributed by atoms with Crippen LogP contribution in [0.25, 0.3) is 0 Å². The van der Waals surface area contributed by atoms with Gasteiger partial charge < -0.3 is 20.7 Å². The van der Waals surface area contributed by atoms with E-state index in [-0.39, 0.29) is 41.8 Å². The number of nitrogens with one attached hydrogen (secondary N) is 3. The monoisotopic (exact) mass is 494 g/mol. The van der Waals surface area contributed by atoms with E-state index in [9.17, 15) is 9.18 Å². The third kappa shape index (κ3) is 11.7. The normalized spacial score (nSPS) is 11.9. The van der Waals surface area contributed by atoms with Gasteiger partial charge in [-0.15, -0.1) is 24.0 Å². The number of ether oxygens (including phenoxy) is 1. The Bertz CT molecular complexity index is 572. The molecular formula is C19H32FIN4O2. The van der Waals surface area contributed by atoms with E-state index >= 15 is 0 Å². The Morgan fingerprint density at radius 1 is 1.19 bits per heavy atom. The van der Waals surface area contributed by atoms with Gasteiger partial charge in [0.25, 0.3) is 0 Å². The van der Waals surface area contributed by atoms with Crippen LogP contribution in [0.5, 0.6) is 5.75 Å². The number of amides is 1. The van der Waals surface area contributed by atoms with Gasteiger partial charge in [-0.2, -0.15) is 0 Å². The Labute approximate surface area is 178 Å². The molecule has 1 aromatic rings. The summed E-state index contributed by atoms with van der Waals surface area (Å²) >= 11 is 0. The summed E-state index contributed by atoms with van der Waals surface area (Å²) in [6.45, 7) is 8.35. The number of guanidine groups is 1. The summed E-state index contributed by atoms with van der Waals surface area (Å²) in [5.74, 6) is 0.836. The number of hydrogen-bond donors (Lipinski definition) is 3. The molecule has 0 saturated heterocycles. The van der Waals surface area contributed by atoms with Gasteiger partial charge in [0.15, 0.2) is 5.96 Å². The first kappa shape index (κ1) is 25.4. The van der Waals surface area contributed by atoms with Crippen LogP contribution < -0.4 is 20.7 Å². The van der Waals surface area contributed by atoms with Crippen LogP contribution in [0, 0.1) is 5.82 Å². The Morgan fingerprint density at radius 3 is 2.59 bits per heavy atom. The summed E-state index contributed by atoms with van der Waals surface area (Å²) in [4.78, 5) is 16.1. The fourth-order valence-corrected chi connectivity index (χ4v) is 2.16. The second-order valence-corrected chi connectivity index (χ2v) is 5.85. The molecule has 1 rings (SSSR count). The van der Waals surface area contributed by atoms with Crippen molar-refractivity contribution in [1.82, 2.24) is 16.0 Å². The van der Waals surface area contributed by atoms with Crippen molar-refractivity contribution >= 4 is 35.8 Å². The molecular weight excluding hydrogens is 462 g/mol. The zero-order chi connectivity index (χ0) is 19.2. The van der Waals surface area contributed by atoms with Crippen molar-refractivity contribution in [2.75, 3.05) is 26.2 Å². The highest BCUT2D eigenvalue weighted by Crippen LogP contribution is 2.15. The Balaban J connectivity index is 0.00000676. The molecule has 1 atom stereocenters. The first-order chi connectivity index (χ1) is 12.6. The molecule has 3 N–H and O–H groups in total. The summed E-state index contributed by atoms with van der Waals surface area (Å²) in [5, 5.41) is 9.13. The molecule has 1 aromatic carbocycles. The van der Waals surface area contributed by atoms with E-state index in [0.29, 0.717) is 37.8 Å². The van der Waals surface area contributed by atoms with Crippen molar-refractivity contribution in [1.29, 1.82) is 0 Å². The molecule has 6 nitrogen and oxygen atoms in total. The van der Waals surface area contributed by atoms with Crippen LogP contribution >= 0.6 is 24.0 Å². The standard InChI is InChI=1S/C19H31FN4O2.HI/c1-4-11-22-18(25)10-12-23-19(21-6-3)24-14-16(5-2)26-17-9-7-8-15(20)13-17;/h7-9,13,16H,4-6,10-12,14H2,1-3H3,(H,22,25)(H2,21,23,24);1H. The zero-order valence-electron chi connectivity index (χ0n) is 16.4. The van der Waals surface area contributed by atoms with Gasteiger partial charge in [0.2, 0.25) is 5.91 Å². The fraction of sp³-hybridized carbons (Fsp3) is 0.579. The van der Waals surface area contributed by atoms with Crippen LogP contribution in [0.2, 0.25) is 0 Å². The molecule has 0 aliphatic heterocycles. The second-order valence-electron chi connectivity index (χ2n) is 5.85. The van der Waals surface area contributed by atoms with Gasteiger partial charge in [0.1, 0.15) is 17.7 Å². The van der Waals surface area contributed by atoms with Crippen molar-refractivity contribution in [2.45, 2.75) is 46.1 Å². The molecule has 1 amide bonds. The van der Waals surface area contributed by atoms with Crippen LogP contribution in [0.1, 0.15) is 40.0 Å². The van der Waals surface area contributed by atoms with Gasteiger partial charge in [-0.25, -0.2) is 9.38 Å². The van der Waals surface area contributed by atoms with Gasteiger partial charge >= 0.3 is 0 Å². The van der Waals surface area contributed by atoms with E-state index in [1.165, 1.54) is 12.1 Å². The smallest absolute Gasteiger partial charge is 0.221 e. The minimum atomic E-state index is -0.322. The largest absolute Gasteiger partial charge is 0.488 e.